The highest BCUT2D eigenvalue weighted by Gasteiger charge is 2.24. The molecule has 2 atom stereocenters. The summed E-state index contributed by atoms with van der Waals surface area (Å²) in [6, 6.07) is 0.715. The molecule has 0 saturated carbocycles. The van der Waals surface area contributed by atoms with Gasteiger partial charge in [0.25, 0.3) is 0 Å². The largest absolute Gasteiger partial charge is 0.373 e. The van der Waals surface area contributed by atoms with Crippen LogP contribution in [0.25, 0.3) is 0 Å². The minimum absolute atomic E-state index is 0.715. The van der Waals surface area contributed by atoms with E-state index in [0.717, 1.165) is 11.8 Å². The summed E-state index contributed by atoms with van der Waals surface area (Å²) in [5.41, 5.74) is 1.22. The maximum Gasteiger partial charge on any atom is 0.0261 e. The van der Waals surface area contributed by atoms with Crippen LogP contribution in [-0.4, -0.2) is 17.5 Å². The molecule has 124 valence electrons. The summed E-state index contributed by atoms with van der Waals surface area (Å²) in [6.45, 7) is 26.6. The van der Waals surface area contributed by atoms with E-state index in [1.807, 2.05) is 27.7 Å². The average Bonchev–Trinajstić information content (AvgIpc) is 2.82. The normalized spacial score (nSPS) is 20.1. The molecule has 0 aliphatic carbocycles. The van der Waals surface area contributed by atoms with Crippen molar-refractivity contribution in [3.8, 4) is 0 Å². The van der Waals surface area contributed by atoms with E-state index in [-0.39, 0.29) is 0 Å². The molecule has 1 nitrogen and oxygen atoms in total. The van der Waals surface area contributed by atoms with Crippen LogP contribution in [0.2, 0.25) is 0 Å². The Morgan fingerprint density at radius 3 is 1.60 bits per heavy atom. The Morgan fingerprint density at radius 1 is 1.10 bits per heavy atom. The van der Waals surface area contributed by atoms with Gasteiger partial charge in [0.1, 0.15) is 0 Å². The molecule has 0 aromatic carbocycles. The zero-order chi connectivity index (χ0) is 16.7. The summed E-state index contributed by atoms with van der Waals surface area (Å²) < 4.78 is 0. The summed E-state index contributed by atoms with van der Waals surface area (Å²) in [4.78, 5) is 2.39. The zero-order valence-electron chi connectivity index (χ0n) is 16.2. The van der Waals surface area contributed by atoms with Crippen molar-refractivity contribution < 1.29 is 0 Å². The number of hydrogen-bond donors (Lipinski definition) is 0. The molecule has 0 spiro atoms. The molecule has 0 amide bonds. The van der Waals surface area contributed by atoms with Gasteiger partial charge in [0.05, 0.1) is 0 Å². The first-order chi connectivity index (χ1) is 9.42. The van der Waals surface area contributed by atoms with Crippen molar-refractivity contribution in [2.75, 3.05) is 6.54 Å². The molecular formula is C19H43N. The van der Waals surface area contributed by atoms with Gasteiger partial charge in [-0.05, 0) is 32.1 Å². The molecule has 0 aromatic rings. The van der Waals surface area contributed by atoms with Crippen LogP contribution in [0.15, 0.2) is 12.3 Å². The highest BCUT2D eigenvalue weighted by molar-refractivity contribution is 4.96. The Balaban J connectivity index is -0.000000250. The van der Waals surface area contributed by atoms with Gasteiger partial charge in [-0.25, -0.2) is 0 Å². The molecule has 1 aliphatic rings. The van der Waals surface area contributed by atoms with Crippen molar-refractivity contribution >= 4 is 0 Å². The average molecular weight is 286 g/mol. The molecule has 2 unspecified atom stereocenters. The maximum atomic E-state index is 3.95. The lowest BCUT2D eigenvalue weighted by Gasteiger charge is -2.23. The zero-order valence-corrected chi connectivity index (χ0v) is 16.2. The van der Waals surface area contributed by atoms with Crippen molar-refractivity contribution in [2.24, 2.45) is 11.8 Å². The van der Waals surface area contributed by atoms with E-state index in [0.29, 0.717) is 6.04 Å². The van der Waals surface area contributed by atoms with E-state index in [9.17, 15) is 0 Å². The molecule has 0 bridgehead atoms. The van der Waals surface area contributed by atoms with Crippen molar-refractivity contribution in [1.82, 2.24) is 4.90 Å². The van der Waals surface area contributed by atoms with Gasteiger partial charge in [-0.15, -0.1) is 0 Å². The molecule has 1 aliphatic heterocycles. The molecule has 0 aromatic heterocycles. The maximum absolute atomic E-state index is 3.95. The first kappa shape index (κ1) is 24.6. The van der Waals surface area contributed by atoms with Crippen molar-refractivity contribution in [3.05, 3.63) is 12.3 Å². The van der Waals surface area contributed by atoms with Gasteiger partial charge in [0.2, 0.25) is 0 Å². The third-order valence-corrected chi connectivity index (χ3v) is 3.67. The fraction of sp³-hybridized carbons (Fsp3) is 0.895. The van der Waals surface area contributed by atoms with Gasteiger partial charge in [-0.1, -0.05) is 74.8 Å². The number of likely N-dealkylation sites (tertiary alicyclic amines) is 1. The lowest BCUT2D eigenvalue weighted by molar-refractivity contribution is 0.338. The molecule has 20 heavy (non-hydrogen) atoms. The monoisotopic (exact) mass is 285 g/mol. The van der Waals surface area contributed by atoms with Crippen LogP contribution in [0.1, 0.15) is 88.5 Å². The van der Waals surface area contributed by atoms with Gasteiger partial charge in [-0.3, -0.25) is 0 Å². The minimum atomic E-state index is 0.715. The van der Waals surface area contributed by atoms with E-state index in [1.54, 1.807) is 0 Å². The van der Waals surface area contributed by atoms with Crippen LogP contribution >= 0.6 is 0 Å². The molecule has 1 heteroatoms. The molecular weight excluding hydrogens is 242 g/mol. The second-order valence-corrected chi connectivity index (χ2v) is 5.50. The lowest BCUT2D eigenvalue weighted by Crippen LogP contribution is -2.24. The van der Waals surface area contributed by atoms with E-state index in [2.05, 4.69) is 53.0 Å². The van der Waals surface area contributed by atoms with Crippen LogP contribution in [0, 0.1) is 11.8 Å². The van der Waals surface area contributed by atoms with Crippen LogP contribution in [0.3, 0.4) is 0 Å². The number of hydrogen-bond acceptors (Lipinski definition) is 1. The third kappa shape index (κ3) is 12.6. The summed E-state index contributed by atoms with van der Waals surface area (Å²) >= 11 is 0. The fourth-order valence-electron chi connectivity index (χ4n) is 2.12. The molecule has 0 radical (unpaired) electrons. The molecule has 1 heterocycles. The van der Waals surface area contributed by atoms with E-state index in [4.69, 9.17) is 0 Å². The van der Waals surface area contributed by atoms with Gasteiger partial charge in [0.15, 0.2) is 0 Å². The Bertz CT molecular complexity index is 194. The second kappa shape index (κ2) is 16.6. The van der Waals surface area contributed by atoms with Gasteiger partial charge < -0.3 is 4.90 Å². The molecule has 0 N–H and O–H groups in total. The summed E-state index contributed by atoms with van der Waals surface area (Å²) in [7, 11) is 0. The predicted octanol–water partition coefficient (Wildman–Crippen LogP) is 6.75. The predicted molar refractivity (Wildman–Crippen MR) is 97.2 cm³/mol. The molecule has 1 fully saturated rings. The fourth-order valence-corrected chi connectivity index (χ4v) is 2.12. The summed E-state index contributed by atoms with van der Waals surface area (Å²) in [6.07, 6.45) is 3.99. The molecule has 1 rings (SSSR count). The van der Waals surface area contributed by atoms with E-state index in [1.165, 1.54) is 31.5 Å². The minimum Gasteiger partial charge on any atom is -0.373 e. The highest BCUT2D eigenvalue weighted by atomic mass is 15.2. The van der Waals surface area contributed by atoms with Crippen molar-refractivity contribution in [3.63, 3.8) is 0 Å². The summed E-state index contributed by atoms with van der Waals surface area (Å²) in [5.74, 6) is 1.79. The van der Waals surface area contributed by atoms with Crippen molar-refractivity contribution in [2.45, 2.75) is 94.5 Å². The lowest BCUT2D eigenvalue weighted by atomic mass is 10.1. The van der Waals surface area contributed by atoms with Crippen LogP contribution in [0.5, 0.6) is 0 Å². The topological polar surface area (TPSA) is 3.24 Å². The number of rotatable bonds is 3. The SMILES string of the molecule is C=C(C)N1CC(C)CC1C.CC.CC.CCC(C)CC. The van der Waals surface area contributed by atoms with Crippen LogP contribution < -0.4 is 0 Å². The molecule has 1 saturated heterocycles. The van der Waals surface area contributed by atoms with Crippen LogP contribution in [0.4, 0.5) is 0 Å². The second-order valence-electron chi connectivity index (χ2n) is 5.50. The third-order valence-electron chi connectivity index (χ3n) is 3.67. The Kier molecular flexibility index (Phi) is 20.4. The smallest absolute Gasteiger partial charge is 0.0261 e. The first-order valence-electron chi connectivity index (χ1n) is 8.84. The van der Waals surface area contributed by atoms with Crippen molar-refractivity contribution in [1.29, 1.82) is 0 Å². The number of nitrogens with zero attached hydrogens (tertiary/aromatic N) is 1. The Labute approximate surface area is 130 Å². The van der Waals surface area contributed by atoms with Gasteiger partial charge in [-0.2, -0.15) is 0 Å². The Morgan fingerprint density at radius 2 is 1.50 bits per heavy atom. The van der Waals surface area contributed by atoms with Crippen LogP contribution in [-0.2, 0) is 0 Å². The quantitative estimate of drug-likeness (QED) is 0.554. The standard InChI is InChI=1S/C9H17N.C6H14.2C2H6/c1-7(2)10-6-8(3)5-9(10)4;1-4-6(3)5-2;2*1-2/h8-9H,1,5-6H2,2-4H3;6H,4-5H2,1-3H3;2*1-2H3. The first-order valence-corrected chi connectivity index (χ1v) is 8.84. The summed E-state index contributed by atoms with van der Waals surface area (Å²) in [5, 5.41) is 0. The van der Waals surface area contributed by atoms with E-state index >= 15 is 0 Å². The van der Waals surface area contributed by atoms with E-state index < -0.39 is 0 Å². The number of allylic oxidation sites excluding steroid dienone is 1. The highest BCUT2D eigenvalue weighted by Crippen LogP contribution is 2.24. The van der Waals surface area contributed by atoms with Gasteiger partial charge >= 0.3 is 0 Å². The Hall–Kier alpha value is -0.460. The van der Waals surface area contributed by atoms with Gasteiger partial charge in [0, 0.05) is 18.3 Å².